The van der Waals surface area contributed by atoms with Gasteiger partial charge in [0.25, 0.3) is 11.7 Å². The molecule has 120 valence electrons. The van der Waals surface area contributed by atoms with Gasteiger partial charge in [0.2, 0.25) is 5.75 Å². The molecule has 0 spiro atoms. The Hall–Kier alpha value is -2.32. The van der Waals surface area contributed by atoms with Crippen LogP contribution in [0.5, 0.6) is 17.2 Å². The van der Waals surface area contributed by atoms with E-state index in [0.717, 1.165) is 4.90 Å². The Morgan fingerprint density at radius 3 is 2.27 bits per heavy atom. The summed E-state index contributed by atoms with van der Waals surface area (Å²) in [5.74, 6) is -0.996. The number of anilines is 1. The van der Waals surface area contributed by atoms with Crippen LogP contribution in [0.15, 0.2) is 6.07 Å². The highest BCUT2D eigenvalue weighted by Crippen LogP contribution is 2.47. The monoisotopic (exact) mass is 311 g/mol. The Labute approximate surface area is 126 Å². The number of carbonyl (C=O) groups excluding carboxylic acids is 2. The van der Waals surface area contributed by atoms with Crippen LogP contribution in [0.1, 0.15) is 10.4 Å². The van der Waals surface area contributed by atoms with E-state index < -0.39 is 24.4 Å². The second-order valence-corrected chi connectivity index (χ2v) is 4.62. The number of nitrogens with zero attached hydrogens (tertiary/aromatic N) is 1. The highest BCUT2D eigenvalue weighted by atomic mass is 16.5. The number of ketones is 1. The molecular weight excluding hydrogens is 294 g/mol. The first-order valence-electron chi connectivity index (χ1n) is 6.48. The quantitative estimate of drug-likeness (QED) is 0.688. The summed E-state index contributed by atoms with van der Waals surface area (Å²) in [4.78, 5) is 25.4. The lowest BCUT2D eigenvalue weighted by molar-refractivity contribution is -0.114. The van der Waals surface area contributed by atoms with Crippen molar-refractivity contribution in [3.05, 3.63) is 11.6 Å². The Morgan fingerprint density at radius 2 is 1.77 bits per heavy atom. The molecule has 22 heavy (non-hydrogen) atoms. The molecule has 0 aliphatic carbocycles. The zero-order valence-corrected chi connectivity index (χ0v) is 12.5. The summed E-state index contributed by atoms with van der Waals surface area (Å²) < 4.78 is 15.6. The van der Waals surface area contributed by atoms with Crippen LogP contribution >= 0.6 is 0 Å². The first-order valence-corrected chi connectivity index (χ1v) is 6.48. The van der Waals surface area contributed by atoms with Crippen LogP contribution in [0.3, 0.4) is 0 Å². The molecule has 0 saturated heterocycles. The normalized spacial score (nSPS) is 14.9. The van der Waals surface area contributed by atoms with Crippen LogP contribution in [0.4, 0.5) is 5.69 Å². The molecule has 1 amide bonds. The van der Waals surface area contributed by atoms with E-state index in [0.29, 0.717) is 0 Å². The number of aliphatic hydroxyl groups excluding tert-OH is 2. The maximum absolute atomic E-state index is 12.2. The van der Waals surface area contributed by atoms with Crippen molar-refractivity contribution < 1.29 is 34.0 Å². The lowest BCUT2D eigenvalue weighted by Crippen LogP contribution is -2.38. The van der Waals surface area contributed by atoms with E-state index in [-0.39, 0.29) is 35.0 Å². The Morgan fingerprint density at radius 1 is 1.14 bits per heavy atom. The average molecular weight is 311 g/mol. The summed E-state index contributed by atoms with van der Waals surface area (Å²) in [6.07, 6.45) is -1.17. The molecule has 0 aromatic heterocycles. The molecule has 0 fully saturated rings. The van der Waals surface area contributed by atoms with E-state index in [4.69, 9.17) is 19.3 Å². The summed E-state index contributed by atoms with van der Waals surface area (Å²) in [6, 6.07) is 1.46. The molecule has 1 unspecified atom stereocenters. The lowest BCUT2D eigenvalue weighted by Gasteiger charge is -2.21. The molecule has 1 aromatic rings. The van der Waals surface area contributed by atoms with Crippen molar-refractivity contribution in [2.24, 2.45) is 0 Å². The first-order chi connectivity index (χ1) is 10.5. The molecule has 8 nitrogen and oxygen atoms in total. The maximum Gasteiger partial charge on any atom is 0.299 e. The fourth-order valence-corrected chi connectivity index (χ4v) is 2.36. The van der Waals surface area contributed by atoms with E-state index in [1.165, 1.54) is 27.4 Å². The zero-order valence-electron chi connectivity index (χ0n) is 12.5. The predicted octanol–water partition coefficient (Wildman–Crippen LogP) is -0.405. The molecule has 0 radical (unpaired) electrons. The van der Waals surface area contributed by atoms with Crippen molar-refractivity contribution in [2.45, 2.75) is 6.10 Å². The van der Waals surface area contributed by atoms with Crippen LogP contribution in [0, 0.1) is 0 Å². The third-order valence-corrected chi connectivity index (χ3v) is 3.37. The maximum atomic E-state index is 12.2. The largest absolute Gasteiger partial charge is 0.493 e. The van der Waals surface area contributed by atoms with Crippen molar-refractivity contribution in [3.8, 4) is 17.2 Å². The van der Waals surface area contributed by atoms with Gasteiger partial charge in [0, 0.05) is 6.07 Å². The second kappa shape index (κ2) is 6.20. The summed E-state index contributed by atoms with van der Waals surface area (Å²) in [5.41, 5.74) is 0.298. The number of methoxy groups -OCH3 is 3. The Kier molecular flexibility index (Phi) is 4.53. The number of aliphatic hydroxyl groups is 2. The summed E-state index contributed by atoms with van der Waals surface area (Å²) in [6.45, 7) is -0.746. The number of fused-ring (bicyclic) bond motifs is 1. The van der Waals surface area contributed by atoms with Gasteiger partial charge in [-0.05, 0) is 0 Å². The highest BCUT2D eigenvalue weighted by Gasteiger charge is 2.41. The van der Waals surface area contributed by atoms with Crippen LogP contribution < -0.4 is 19.1 Å². The minimum atomic E-state index is -1.17. The van der Waals surface area contributed by atoms with E-state index >= 15 is 0 Å². The van der Waals surface area contributed by atoms with Gasteiger partial charge < -0.3 is 29.3 Å². The molecule has 1 aromatic carbocycles. The predicted molar refractivity (Wildman–Crippen MR) is 75.9 cm³/mol. The minimum absolute atomic E-state index is 0.0512. The second-order valence-electron chi connectivity index (χ2n) is 4.62. The van der Waals surface area contributed by atoms with Gasteiger partial charge in [0.15, 0.2) is 11.5 Å². The SMILES string of the molecule is COc1cc2c(c(OC)c1OC)C(=O)C(=O)N2CC(O)CO. The van der Waals surface area contributed by atoms with Crippen LogP contribution in [0.2, 0.25) is 0 Å². The first kappa shape index (κ1) is 16.1. The fraction of sp³-hybridized carbons (Fsp3) is 0.429. The van der Waals surface area contributed by atoms with Gasteiger partial charge in [-0.15, -0.1) is 0 Å². The van der Waals surface area contributed by atoms with Gasteiger partial charge in [-0.1, -0.05) is 0 Å². The van der Waals surface area contributed by atoms with Gasteiger partial charge in [0.05, 0.1) is 51.8 Å². The number of ether oxygens (including phenoxy) is 3. The molecular formula is C14H17NO7. The molecule has 8 heteroatoms. The topological polar surface area (TPSA) is 106 Å². The van der Waals surface area contributed by atoms with Gasteiger partial charge in [-0.25, -0.2) is 0 Å². The zero-order chi connectivity index (χ0) is 16.4. The van der Waals surface area contributed by atoms with E-state index in [1.807, 2.05) is 0 Å². The van der Waals surface area contributed by atoms with Gasteiger partial charge in [-0.2, -0.15) is 0 Å². The third-order valence-electron chi connectivity index (χ3n) is 3.37. The number of rotatable bonds is 6. The minimum Gasteiger partial charge on any atom is -0.493 e. The summed E-state index contributed by atoms with van der Waals surface area (Å²) in [7, 11) is 4.15. The number of hydrogen-bond acceptors (Lipinski definition) is 7. The smallest absolute Gasteiger partial charge is 0.299 e. The molecule has 1 aliphatic rings. The molecule has 1 aliphatic heterocycles. The molecule has 2 rings (SSSR count). The van der Waals surface area contributed by atoms with E-state index in [9.17, 15) is 14.7 Å². The van der Waals surface area contributed by atoms with E-state index in [1.54, 1.807) is 0 Å². The standard InChI is InChI=1S/C14H17NO7/c1-20-9-4-8-10(13(22-3)12(9)21-2)11(18)14(19)15(8)5-7(17)6-16/h4,7,16-17H,5-6H2,1-3H3. The molecule has 2 N–H and O–H groups in total. The summed E-state index contributed by atoms with van der Waals surface area (Å²) in [5, 5.41) is 18.5. The van der Waals surface area contributed by atoms with Gasteiger partial charge >= 0.3 is 0 Å². The highest BCUT2D eigenvalue weighted by molar-refractivity contribution is 6.53. The Bertz CT molecular complexity index is 614. The van der Waals surface area contributed by atoms with Crippen molar-refractivity contribution >= 4 is 17.4 Å². The van der Waals surface area contributed by atoms with Crippen molar-refractivity contribution in [1.82, 2.24) is 0 Å². The average Bonchev–Trinajstić information content (AvgIpc) is 2.77. The van der Waals surface area contributed by atoms with Crippen molar-refractivity contribution in [3.63, 3.8) is 0 Å². The number of carbonyl (C=O) groups is 2. The van der Waals surface area contributed by atoms with E-state index in [2.05, 4.69) is 0 Å². The number of hydrogen-bond donors (Lipinski definition) is 2. The molecule has 1 heterocycles. The van der Waals surface area contributed by atoms with Crippen LogP contribution in [-0.2, 0) is 4.79 Å². The number of benzene rings is 1. The molecule has 1 atom stereocenters. The molecule has 0 saturated carbocycles. The number of β-amino-alcohol motifs (C(OH)–C–C–N with tert-alkyl or cyclic N) is 1. The van der Waals surface area contributed by atoms with Crippen molar-refractivity contribution in [1.29, 1.82) is 0 Å². The fourth-order valence-electron chi connectivity index (χ4n) is 2.36. The Balaban J connectivity index is 2.63. The van der Waals surface area contributed by atoms with Crippen LogP contribution in [0.25, 0.3) is 0 Å². The molecule has 0 bridgehead atoms. The summed E-state index contributed by atoms with van der Waals surface area (Å²) >= 11 is 0. The number of Topliss-reactive ketones (excluding diaryl/α,β-unsaturated/α-hetero) is 1. The van der Waals surface area contributed by atoms with Crippen molar-refractivity contribution in [2.75, 3.05) is 39.4 Å². The van der Waals surface area contributed by atoms with Crippen LogP contribution in [-0.4, -0.2) is 62.5 Å². The van der Waals surface area contributed by atoms with Gasteiger partial charge in [-0.3, -0.25) is 9.59 Å². The van der Waals surface area contributed by atoms with Gasteiger partial charge in [0.1, 0.15) is 0 Å². The number of amides is 1. The lowest BCUT2D eigenvalue weighted by atomic mass is 10.1. The third kappa shape index (κ3) is 2.36.